The van der Waals surface area contributed by atoms with E-state index in [2.05, 4.69) is 0 Å². The fourth-order valence-electron chi connectivity index (χ4n) is 1.43. The highest BCUT2D eigenvalue weighted by Gasteiger charge is 2.21. The molecule has 0 radical (unpaired) electrons. The third kappa shape index (κ3) is 2.44. The number of carbonyl (C=O) groups is 2. The van der Waals surface area contributed by atoms with Gasteiger partial charge in [-0.3, -0.25) is 9.69 Å². The Morgan fingerprint density at radius 2 is 1.69 bits per heavy atom. The first-order chi connectivity index (χ1) is 6.13. The molecular weight excluding hydrogens is 168 g/mol. The van der Waals surface area contributed by atoms with E-state index in [4.69, 9.17) is 0 Å². The summed E-state index contributed by atoms with van der Waals surface area (Å²) in [5, 5.41) is 0. The average molecular weight is 184 g/mol. The summed E-state index contributed by atoms with van der Waals surface area (Å²) in [4.78, 5) is 25.4. The largest absolute Gasteiger partial charge is 0.326 e. The Hall–Kier alpha value is -1.06. The number of hydrogen-bond donors (Lipinski definition) is 0. The van der Waals surface area contributed by atoms with Gasteiger partial charge < -0.3 is 4.90 Å². The summed E-state index contributed by atoms with van der Waals surface area (Å²) in [6.45, 7) is 2.98. The number of piperidine rings is 1. The molecule has 13 heavy (non-hydrogen) atoms. The minimum Gasteiger partial charge on any atom is -0.324 e. The van der Waals surface area contributed by atoms with Crippen LogP contribution in [0.4, 0.5) is 4.79 Å². The van der Waals surface area contributed by atoms with Crippen LogP contribution >= 0.6 is 0 Å². The van der Waals surface area contributed by atoms with Gasteiger partial charge in [-0.2, -0.15) is 0 Å². The average Bonchev–Trinajstić information content (AvgIpc) is 2.17. The van der Waals surface area contributed by atoms with E-state index in [1.54, 1.807) is 4.90 Å². The number of amides is 3. The molecule has 0 bridgehead atoms. The monoisotopic (exact) mass is 184 g/mol. The van der Waals surface area contributed by atoms with Crippen molar-refractivity contribution in [2.75, 3.05) is 20.1 Å². The van der Waals surface area contributed by atoms with Gasteiger partial charge in [0.1, 0.15) is 0 Å². The van der Waals surface area contributed by atoms with Gasteiger partial charge in [0.2, 0.25) is 5.91 Å². The maximum Gasteiger partial charge on any atom is 0.326 e. The van der Waals surface area contributed by atoms with Crippen LogP contribution in [-0.4, -0.2) is 41.9 Å². The Morgan fingerprint density at radius 1 is 1.15 bits per heavy atom. The number of likely N-dealkylation sites (tertiary alicyclic amines) is 1. The zero-order valence-corrected chi connectivity index (χ0v) is 8.25. The highest BCUT2D eigenvalue weighted by Crippen LogP contribution is 2.10. The van der Waals surface area contributed by atoms with Crippen molar-refractivity contribution in [2.24, 2.45) is 0 Å². The van der Waals surface area contributed by atoms with Crippen molar-refractivity contribution >= 4 is 11.9 Å². The second-order valence-electron chi connectivity index (χ2n) is 3.41. The van der Waals surface area contributed by atoms with Gasteiger partial charge in [-0.15, -0.1) is 0 Å². The van der Waals surface area contributed by atoms with Crippen LogP contribution in [0.3, 0.4) is 0 Å². The van der Waals surface area contributed by atoms with E-state index in [-0.39, 0.29) is 11.9 Å². The molecule has 0 spiro atoms. The topological polar surface area (TPSA) is 40.6 Å². The molecule has 0 unspecified atom stereocenters. The lowest BCUT2D eigenvalue weighted by Gasteiger charge is -2.29. The number of hydrogen-bond acceptors (Lipinski definition) is 2. The molecule has 1 rings (SSSR count). The molecule has 0 N–H and O–H groups in total. The molecule has 1 saturated heterocycles. The Balaban J connectivity index is 2.50. The number of imide groups is 1. The summed E-state index contributed by atoms with van der Waals surface area (Å²) in [6.07, 6.45) is 3.29. The SMILES string of the molecule is CC(=O)N(C)C(=O)N1CCCCC1. The van der Waals surface area contributed by atoms with E-state index < -0.39 is 0 Å². The number of urea groups is 1. The molecule has 0 aromatic heterocycles. The third-order valence-electron chi connectivity index (χ3n) is 2.39. The Bertz CT molecular complexity index is 210. The maximum absolute atomic E-state index is 11.6. The quantitative estimate of drug-likeness (QED) is 0.565. The van der Waals surface area contributed by atoms with Crippen LogP contribution < -0.4 is 0 Å². The molecular formula is C9H16N2O2. The highest BCUT2D eigenvalue weighted by molar-refractivity contribution is 5.92. The summed E-state index contributed by atoms with van der Waals surface area (Å²) in [7, 11) is 1.53. The first-order valence-corrected chi connectivity index (χ1v) is 4.66. The zero-order chi connectivity index (χ0) is 9.84. The van der Waals surface area contributed by atoms with Gasteiger partial charge in [-0.05, 0) is 19.3 Å². The predicted molar refractivity (Wildman–Crippen MR) is 49.3 cm³/mol. The molecule has 0 aromatic carbocycles. The number of nitrogens with zero attached hydrogens (tertiary/aromatic N) is 2. The first-order valence-electron chi connectivity index (χ1n) is 4.66. The molecule has 1 aliphatic rings. The lowest BCUT2D eigenvalue weighted by molar-refractivity contribution is -0.125. The van der Waals surface area contributed by atoms with E-state index in [0.717, 1.165) is 25.9 Å². The van der Waals surface area contributed by atoms with Crippen LogP contribution in [0, 0.1) is 0 Å². The Morgan fingerprint density at radius 3 is 2.15 bits per heavy atom. The van der Waals surface area contributed by atoms with Gasteiger partial charge >= 0.3 is 6.03 Å². The summed E-state index contributed by atoms with van der Waals surface area (Å²) >= 11 is 0. The summed E-state index contributed by atoms with van der Waals surface area (Å²) in [5.41, 5.74) is 0. The van der Waals surface area contributed by atoms with E-state index in [1.807, 2.05) is 0 Å². The van der Waals surface area contributed by atoms with Crippen molar-refractivity contribution in [1.29, 1.82) is 0 Å². The normalized spacial score (nSPS) is 16.9. The van der Waals surface area contributed by atoms with Crippen LogP contribution in [0.5, 0.6) is 0 Å². The molecule has 0 aromatic rings. The van der Waals surface area contributed by atoms with Crippen molar-refractivity contribution in [3.8, 4) is 0 Å². The Kier molecular flexibility index (Phi) is 3.28. The van der Waals surface area contributed by atoms with Crippen LogP contribution in [-0.2, 0) is 4.79 Å². The lowest BCUT2D eigenvalue weighted by atomic mass is 10.1. The van der Waals surface area contributed by atoms with Gasteiger partial charge in [0, 0.05) is 27.1 Å². The van der Waals surface area contributed by atoms with Gasteiger partial charge in [0.25, 0.3) is 0 Å². The minimum atomic E-state index is -0.199. The van der Waals surface area contributed by atoms with E-state index in [1.165, 1.54) is 25.3 Å². The van der Waals surface area contributed by atoms with Gasteiger partial charge in [-0.1, -0.05) is 0 Å². The summed E-state index contributed by atoms with van der Waals surface area (Å²) < 4.78 is 0. The molecule has 4 nitrogen and oxygen atoms in total. The lowest BCUT2D eigenvalue weighted by Crippen LogP contribution is -2.45. The fourth-order valence-corrected chi connectivity index (χ4v) is 1.43. The zero-order valence-electron chi connectivity index (χ0n) is 8.25. The predicted octanol–water partition coefficient (Wildman–Crippen LogP) is 1.07. The molecule has 0 saturated carbocycles. The molecule has 1 fully saturated rings. The van der Waals surface area contributed by atoms with E-state index >= 15 is 0 Å². The first kappa shape index (κ1) is 10.0. The molecule has 4 heteroatoms. The van der Waals surface area contributed by atoms with Crippen LogP contribution in [0.1, 0.15) is 26.2 Å². The van der Waals surface area contributed by atoms with Crippen molar-refractivity contribution in [3.63, 3.8) is 0 Å². The van der Waals surface area contributed by atoms with Crippen molar-refractivity contribution in [2.45, 2.75) is 26.2 Å². The molecule has 0 aliphatic carbocycles. The van der Waals surface area contributed by atoms with Crippen molar-refractivity contribution in [3.05, 3.63) is 0 Å². The van der Waals surface area contributed by atoms with Crippen LogP contribution in [0.15, 0.2) is 0 Å². The summed E-state index contributed by atoms with van der Waals surface area (Å²) in [6, 6.07) is -0.160. The molecule has 74 valence electrons. The number of rotatable bonds is 0. The van der Waals surface area contributed by atoms with Crippen molar-refractivity contribution < 1.29 is 9.59 Å². The van der Waals surface area contributed by atoms with Crippen molar-refractivity contribution in [1.82, 2.24) is 9.80 Å². The van der Waals surface area contributed by atoms with E-state index in [9.17, 15) is 9.59 Å². The fraction of sp³-hybridized carbons (Fsp3) is 0.778. The van der Waals surface area contributed by atoms with Gasteiger partial charge in [0.15, 0.2) is 0 Å². The molecule has 3 amide bonds. The van der Waals surface area contributed by atoms with Gasteiger partial charge in [0.05, 0.1) is 0 Å². The standard InChI is InChI=1S/C9H16N2O2/c1-8(12)10(2)9(13)11-6-4-3-5-7-11/h3-7H2,1-2H3. The molecule has 1 aliphatic heterocycles. The second kappa shape index (κ2) is 4.25. The molecule has 1 heterocycles. The number of carbonyl (C=O) groups excluding carboxylic acids is 2. The smallest absolute Gasteiger partial charge is 0.324 e. The van der Waals surface area contributed by atoms with Crippen LogP contribution in [0.2, 0.25) is 0 Å². The summed E-state index contributed by atoms with van der Waals surface area (Å²) in [5.74, 6) is -0.199. The minimum absolute atomic E-state index is 0.160. The van der Waals surface area contributed by atoms with Gasteiger partial charge in [-0.25, -0.2) is 4.79 Å². The van der Waals surface area contributed by atoms with E-state index in [0.29, 0.717) is 0 Å². The second-order valence-corrected chi connectivity index (χ2v) is 3.41. The highest BCUT2D eigenvalue weighted by atomic mass is 16.2. The molecule has 0 atom stereocenters. The maximum atomic E-state index is 11.6. The third-order valence-corrected chi connectivity index (χ3v) is 2.39. The Labute approximate surface area is 78.5 Å². The van der Waals surface area contributed by atoms with Crippen LogP contribution in [0.25, 0.3) is 0 Å².